The Balaban J connectivity index is 1.58. The Morgan fingerprint density at radius 2 is 1.77 bits per heavy atom. The summed E-state index contributed by atoms with van der Waals surface area (Å²) in [7, 11) is 3.15. The first-order chi connectivity index (χ1) is 19.4. The molecule has 40 heavy (non-hydrogen) atoms. The molecule has 214 valence electrons. The molecule has 5 rings (SSSR count). The Bertz CT molecular complexity index is 1350. The standard InChI is InChI=1S/C33H40O7/c1-4-19(6-5-13-34)7-8-20-14-22-15-23(35)10-11-24(22)32-30(39-3)18-28-25(31(20)32)17-27(37)33(40-28)21-9-12-26(36)29(16-21)38-2/h9-12,15-16,18-20,27,33-37H,4-8,13-14,17H2,1-3H3. The third-order valence-electron chi connectivity index (χ3n) is 8.67. The van der Waals surface area contributed by atoms with Gasteiger partial charge in [-0.15, -0.1) is 0 Å². The van der Waals surface area contributed by atoms with E-state index in [-0.39, 0.29) is 24.0 Å². The summed E-state index contributed by atoms with van der Waals surface area (Å²) in [5.74, 6) is 2.70. The van der Waals surface area contributed by atoms with Gasteiger partial charge in [-0.25, -0.2) is 0 Å². The van der Waals surface area contributed by atoms with E-state index in [1.165, 1.54) is 7.11 Å². The Morgan fingerprint density at radius 3 is 2.50 bits per heavy atom. The number of benzene rings is 3. The SMILES string of the molecule is CCC(CCCO)CCC1Cc2cc(O)ccc2-c2c(OC)cc3c(c21)CC(O)C(c1ccc(O)c(OC)c1)O3. The number of phenolic OH excluding ortho intramolecular Hbond substituents is 2. The lowest BCUT2D eigenvalue weighted by atomic mass is 9.72. The molecule has 2 aliphatic rings. The first-order valence-electron chi connectivity index (χ1n) is 14.3. The summed E-state index contributed by atoms with van der Waals surface area (Å²) in [5.41, 5.74) is 6.01. The van der Waals surface area contributed by atoms with Gasteiger partial charge in [0, 0.05) is 30.2 Å². The summed E-state index contributed by atoms with van der Waals surface area (Å²) < 4.78 is 17.7. The summed E-state index contributed by atoms with van der Waals surface area (Å²) in [6.45, 7) is 2.42. The van der Waals surface area contributed by atoms with E-state index in [9.17, 15) is 20.4 Å². The van der Waals surface area contributed by atoms with Crippen molar-refractivity contribution in [3.63, 3.8) is 0 Å². The molecule has 7 nitrogen and oxygen atoms in total. The number of fused-ring (bicyclic) bond motifs is 5. The van der Waals surface area contributed by atoms with E-state index in [0.717, 1.165) is 71.9 Å². The number of phenols is 2. The minimum absolute atomic E-state index is 0.0320. The lowest BCUT2D eigenvalue weighted by Gasteiger charge is -2.38. The van der Waals surface area contributed by atoms with Crippen molar-refractivity contribution in [1.29, 1.82) is 0 Å². The van der Waals surface area contributed by atoms with Crippen molar-refractivity contribution < 1.29 is 34.6 Å². The van der Waals surface area contributed by atoms with Crippen LogP contribution >= 0.6 is 0 Å². The van der Waals surface area contributed by atoms with Gasteiger partial charge in [0.2, 0.25) is 0 Å². The molecule has 0 saturated heterocycles. The fourth-order valence-corrected chi connectivity index (χ4v) is 6.57. The van der Waals surface area contributed by atoms with Gasteiger partial charge in [0.25, 0.3) is 0 Å². The van der Waals surface area contributed by atoms with E-state index < -0.39 is 12.2 Å². The molecule has 0 aromatic heterocycles. The van der Waals surface area contributed by atoms with Crippen molar-refractivity contribution in [2.24, 2.45) is 5.92 Å². The van der Waals surface area contributed by atoms with Crippen LogP contribution in [0.1, 0.15) is 73.3 Å². The second-order valence-electron chi connectivity index (χ2n) is 11.0. The van der Waals surface area contributed by atoms with Crippen molar-refractivity contribution >= 4 is 0 Å². The molecule has 3 aromatic rings. The number of aliphatic hydroxyl groups excluding tert-OH is 2. The Labute approximate surface area is 236 Å². The van der Waals surface area contributed by atoms with Crippen LogP contribution in [0, 0.1) is 5.92 Å². The van der Waals surface area contributed by atoms with Crippen LogP contribution in [0.2, 0.25) is 0 Å². The van der Waals surface area contributed by atoms with Gasteiger partial charge in [-0.05, 0) is 90.5 Å². The van der Waals surface area contributed by atoms with Crippen LogP contribution in [-0.2, 0) is 12.8 Å². The molecule has 0 bridgehead atoms. The van der Waals surface area contributed by atoms with Gasteiger partial charge in [0.05, 0.1) is 20.3 Å². The third kappa shape index (κ3) is 5.32. The number of aliphatic hydroxyl groups is 2. The van der Waals surface area contributed by atoms with Crippen LogP contribution in [0.3, 0.4) is 0 Å². The first kappa shape index (κ1) is 28.1. The van der Waals surface area contributed by atoms with E-state index >= 15 is 0 Å². The molecular weight excluding hydrogens is 508 g/mol. The van der Waals surface area contributed by atoms with Crippen LogP contribution in [-0.4, -0.2) is 47.4 Å². The summed E-state index contributed by atoms with van der Waals surface area (Å²) >= 11 is 0. The Hall–Kier alpha value is -3.42. The maximum Gasteiger partial charge on any atom is 0.160 e. The first-order valence-corrected chi connectivity index (χ1v) is 14.3. The molecule has 1 heterocycles. The summed E-state index contributed by atoms with van der Waals surface area (Å²) in [6.07, 6.45) is 4.62. The summed E-state index contributed by atoms with van der Waals surface area (Å²) in [4.78, 5) is 0. The zero-order valence-electron chi connectivity index (χ0n) is 23.5. The quantitative estimate of drug-likeness (QED) is 0.245. The monoisotopic (exact) mass is 548 g/mol. The van der Waals surface area contributed by atoms with E-state index in [1.807, 2.05) is 18.2 Å². The van der Waals surface area contributed by atoms with Gasteiger partial charge in [0.15, 0.2) is 11.5 Å². The molecule has 0 fully saturated rings. The van der Waals surface area contributed by atoms with Crippen molar-refractivity contribution in [2.45, 2.75) is 70.0 Å². The van der Waals surface area contributed by atoms with E-state index in [1.54, 1.807) is 31.4 Å². The maximum atomic E-state index is 11.4. The summed E-state index contributed by atoms with van der Waals surface area (Å²) in [5, 5.41) is 41.1. The van der Waals surface area contributed by atoms with Gasteiger partial charge in [-0.1, -0.05) is 25.5 Å². The van der Waals surface area contributed by atoms with Crippen molar-refractivity contribution in [3.8, 4) is 39.9 Å². The topological polar surface area (TPSA) is 109 Å². The van der Waals surface area contributed by atoms with E-state index in [2.05, 4.69) is 6.92 Å². The molecule has 4 N–H and O–H groups in total. The highest BCUT2D eigenvalue weighted by atomic mass is 16.5. The minimum Gasteiger partial charge on any atom is -0.508 e. The molecule has 0 radical (unpaired) electrons. The predicted molar refractivity (Wildman–Crippen MR) is 154 cm³/mol. The largest absolute Gasteiger partial charge is 0.508 e. The number of hydrogen-bond acceptors (Lipinski definition) is 7. The molecular formula is C33H40O7. The molecule has 7 heteroatoms. The normalized spacial score (nSPS) is 20.1. The van der Waals surface area contributed by atoms with Crippen LogP contribution in [0.5, 0.6) is 28.7 Å². The minimum atomic E-state index is -0.797. The zero-order valence-corrected chi connectivity index (χ0v) is 23.5. The van der Waals surface area contributed by atoms with Crippen molar-refractivity contribution in [2.75, 3.05) is 20.8 Å². The molecule has 4 atom stereocenters. The number of ether oxygens (including phenoxy) is 3. The lowest BCUT2D eigenvalue weighted by molar-refractivity contribution is 0.0201. The second kappa shape index (κ2) is 12.0. The highest BCUT2D eigenvalue weighted by molar-refractivity contribution is 5.83. The van der Waals surface area contributed by atoms with Crippen molar-refractivity contribution in [1.82, 2.24) is 0 Å². The average Bonchev–Trinajstić information content (AvgIpc) is 2.96. The van der Waals surface area contributed by atoms with E-state index in [4.69, 9.17) is 14.2 Å². The van der Waals surface area contributed by atoms with Gasteiger partial charge in [-0.3, -0.25) is 0 Å². The Kier molecular flexibility index (Phi) is 8.43. The highest BCUT2D eigenvalue weighted by Gasteiger charge is 2.38. The van der Waals surface area contributed by atoms with Gasteiger partial charge >= 0.3 is 0 Å². The van der Waals surface area contributed by atoms with Crippen molar-refractivity contribution in [3.05, 3.63) is 64.7 Å². The van der Waals surface area contributed by atoms with Gasteiger partial charge < -0.3 is 34.6 Å². The lowest BCUT2D eigenvalue weighted by Crippen LogP contribution is -2.32. The highest BCUT2D eigenvalue weighted by Crippen LogP contribution is 2.53. The smallest absolute Gasteiger partial charge is 0.160 e. The van der Waals surface area contributed by atoms with Crippen LogP contribution in [0.15, 0.2) is 42.5 Å². The van der Waals surface area contributed by atoms with Crippen LogP contribution < -0.4 is 14.2 Å². The third-order valence-corrected chi connectivity index (χ3v) is 8.67. The fourth-order valence-electron chi connectivity index (χ4n) is 6.57. The molecule has 3 aromatic carbocycles. The fraction of sp³-hybridized carbons (Fsp3) is 0.455. The number of hydrogen-bond donors (Lipinski definition) is 4. The van der Waals surface area contributed by atoms with E-state index in [0.29, 0.717) is 29.6 Å². The number of methoxy groups -OCH3 is 2. The molecule has 0 amide bonds. The Morgan fingerprint density at radius 1 is 0.975 bits per heavy atom. The number of aromatic hydroxyl groups is 2. The van der Waals surface area contributed by atoms with Gasteiger partial charge in [0.1, 0.15) is 23.4 Å². The maximum absolute atomic E-state index is 11.4. The number of rotatable bonds is 10. The van der Waals surface area contributed by atoms with Gasteiger partial charge in [-0.2, -0.15) is 0 Å². The zero-order chi connectivity index (χ0) is 28.4. The predicted octanol–water partition coefficient (Wildman–Crippen LogP) is 6.04. The average molecular weight is 549 g/mol. The van der Waals surface area contributed by atoms with Crippen LogP contribution in [0.4, 0.5) is 0 Å². The van der Waals surface area contributed by atoms with Crippen LogP contribution in [0.25, 0.3) is 11.1 Å². The molecule has 4 unspecified atom stereocenters. The second-order valence-corrected chi connectivity index (χ2v) is 11.0. The molecule has 1 aliphatic heterocycles. The summed E-state index contributed by atoms with van der Waals surface area (Å²) in [6, 6.07) is 12.4. The molecule has 0 spiro atoms. The molecule has 1 aliphatic carbocycles. The molecule has 0 saturated carbocycles.